The summed E-state index contributed by atoms with van der Waals surface area (Å²) in [6, 6.07) is 4.05. The fourth-order valence-corrected chi connectivity index (χ4v) is 4.81. The van der Waals surface area contributed by atoms with Crippen LogP contribution < -0.4 is 10.4 Å². The lowest BCUT2D eigenvalue weighted by atomic mass is 10.0. The van der Waals surface area contributed by atoms with Crippen molar-refractivity contribution in [1.82, 2.24) is 24.5 Å². The van der Waals surface area contributed by atoms with Gasteiger partial charge >= 0.3 is 5.69 Å². The SMILES string of the molecule is CC1(NS(=O)(=O)c2ccc3[nH]c(=O)n(-c4nnc(C(F)F)s4)c3c2)COC1. The summed E-state index contributed by atoms with van der Waals surface area (Å²) in [5.74, 6) is 0. The van der Waals surface area contributed by atoms with Gasteiger partial charge < -0.3 is 9.72 Å². The summed E-state index contributed by atoms with van der Waals surface area (Å²) in [6.45, 7) is 2.22. The Morgan fingerprint density at radius 1 is 1.37 bits per heavy atom. The van der Waals surface area contributed by atoms with Gasteiger partial charge in [0, 0.05) is 0 Å². The highest BCUT2D eigenvalue weighted by Crippen LogP contribution is 2.27. The Labute approximate surface area is 155 Å². The molecule has 1 aliphatic heterocycles. The van der Waals surface area contributed by atoms with Crippen molar-refractivity contribution in [3.05, 3.63) is 33.7 Å². The number of hydrogen-bond acceptors (Lipinski definition) is 7. The highest BCUT2D eigenvalue weighted by Gasteiger charge is 2.38. The van der Waals surface area contributed by atoms with Crippen molar-refractivity contribution in [3.8, 4) is 5.13 Å². The molecule has 0 amide bonds. The lowest BCUT2D eigenvalue weighted by molar-refractivity contribution is -0.0523. The predicted molar refractivity (Wildman–Crippen MR) is 91.9 cm³/mol. The summed E-state index contributed by atoms with van der Waals surface area (Å²) >= 11 is 0.553. The third kappa shape index (κ3) is 3.16. The van der Waals surface area contributed by atoms with Gasteiger partial charge in [0.05, 0.1) is 34.7 Å². The van der Waals surface area contributed by atoms with Crippen molar-refractivity contribution in [2.75, 3.05) is 13.2 Å². The Balaban J connectivity index is 1.81. The topological polar surface area (TPSA) is 119 Å². The average molecular weight is 417 g/mol. The quantitative estimate of drug-likeness (QED) is 0.643. The second-order valence-corrected chi connectivity index (χ2v) is 9.00. The maximum atomic E-state index is 12.8. The van der Waals surface area contributed by atoms with Gasteiger partial charge in [0.1, 0.15) is 0 Å². The van der Waals surface area contributed by atoms with Gasteiger partial charge in [0.25, 0.3) is 6.43 Å². The molecule has 0 bridgehead atoms. The minimum absolute atomic E-state index is 0.0746. The summed E-state index contributed by atoms with van der Waals surface area (Å²) in [6.07, 6.45) is -2.82. The molecule has 0 radical (unpaired) electrons. The van der Waals surface area contributed by atoms with Crippen LogP contribution in [0.3, 0.4) is 0 Å². The third-order valence-electron chi connectivity index (χ3n) is 4.00. The van der Waals surface area contributed by atoms with Crippen LogP contribution in [-0.4, -0.2) is 46.9 Å². The van der Waals surface area contributed by atoms with E-state index in [1.54, 1.807) is 6.92 Å². The molecular weight excluding hydrogens is 404 g/mol. The van der Waals surface area contributed by atoms with E-state index in [9.17, 15) is 22.0 Å². The molecule has 1 aliphatic rings. The van der Waals surface area contributed by atoms with E-state index < -0.39 is 32.7 Å². The molecule has 0 unspecified atom stereocenters. The van der Waals surface area contributed by atoms with E-state index in [2.05, 4.69) is 19.9 Å². The first-order valence-electron chi connectivity index (χ1n) is 7.67. The van der Waals surface area contributed by atoms with Crippen molar-refractivity contribution in [2.45, 2.75) is 23.8 Å². The summed E-state index contributed by atoms with van der Waals surface area (Å²) in [7, 11) is -3.88. The Morgan fingerprint density at radius 2 is 2.11 bits per heavy atom. The Hall–Kier alpha value is -2.22. The Kier molecular flexibility index (Phi) is 4.14. The van der Waals surface area contributed by atoms with Crippen LogP contribution in [0.2, 0.25) is 0 Å². The first-order chi connectivity index (χ1) is 12.7. The number of aromatic nitrogens is 4. The van der Waals surface area contributed by atoms with Gasteiger partial charge in [-0.2, -0.15) is 0 Å². The molecule has 2 aromatic heterocycles. The number of benzene rings is 1. The number of aromatic amines is 1. The Morgan fingerprint density at radius 3 is 2.70 bits per heavy atom. The summed E-state index contributed by atoms with van der Waals surface area (Å²) < 4.78 is 59.4. The second-order valence-electron chi connectivity index (χ2n) is 6.33. The molecule has 4 rings (SSSR count). The zero-order valence-corrected chi connectivity index (χ0v) is 15.4. The van der Waals surface area contributed by atoms with Crippen LogP contribution in [0.5, 0.6) is 0 Å². The molecule has 144 valence electrons. The van der Waals surface area contributed by atoms with Crippen LogP contribution in [0.1, 0.15) is 18.4 Å². The van der Waals surface area contributed by atoms with E-state index in [0.29, 0.717) is 16.9 Å². The number of H-pyrrole nitrogens is 1. The number of fused-ring (bicyclic) bond motifs is 1. The highest BCUT2D eigenvalue weighted by atomic mass is 32.2. The molecule has 13 heteroatoms. The fraction of sp³-hybridized carbons (Fsp3) is 0.357. The number of alkyl halides is 2. The summed E-state index contributed by atoms with van der Waals surface area (Å²) in [5.41, 5.74) is -0.804. The van der Waals surface area contributed by atoms with Crippen LogP contribution in [0.4, 0.5) is 8.78 Å². The minimum Gasteiger partial charge on any atom is -0.377 e. The number of hydrogen-bond donors (Lipinski definition) is 2. The molecule has 0 atom stereocenters. The van der Waals surface area contributed by atoms with Gasteiger partial charge in [-0.25, -0.2) is 31.3 Å². The van der Waals surface area contributed by atoms with Gasteiger partial charge in [-0.1, -0.05) is 11.3 Å². The molecule has 27 heavy (non-hydrogen) atoms. The highest BCUT2D eigenvalue weighted by molar-refractivity contribution is 7.89. The molecule has 3 heterocycles. The third-order valence-corrected chi connectivity index (χ3v) is 6.55. The minimum atomic E-state index is -3.88. The standard InChI is InChI=1S/C14H13F2N5O4S2/c1-14(5-25-6-14)20-27(23,24)7-2-3-8-9(4-7)21(12(22)17-8)13-19-18-11(26-13)10(15)16/h2-4,10,20H,5-6H2,1H3,(H,17,22). The molecular formula is C14H13F2N5O4S2. The molecule has 0 aliphatic carbocycles. The van der Waals surface area contributed by atoms with E-state index in [1.807, 2.05) is 0 Å². The second kappa shape index (κ2) is 6.15. The van der Waals surface area contributed by atoms with E-state index >= 15 is 0 Å². The van der Waals surface area contributed by atoms with Gasteiger partial charge in [-0.15, -0.1) is 10.2 Å². The molecule has 2 N–H and O–H groups in total. The number of halogens is 2. The lowest BCUT2D eigenvalue weighted by Gasteiger charge is -2.38. The maximum Gasteiger partial charge on any atom is 0.332 e. The number of ether oxygens (including phenoxy) is 1. The average Bonchev–Trinajstić information content (AvgIpc) is 3.15. The summed E-state index contributed by atoms with van der Waals surface area (Å²) in [5, 5.41) is 6.36. The van der Waals surface area contributed by atoms with Gasteiger partial charge in [-0.3, -0.25) is 0 Å². The molecule has 0 spiro atoms. The normalized spacial score (nSPS) is 16.7. The molecule has 3 aromatic rings. The first-order valence-corrected chi connectivity index (χ1v) is 9.97. The smallest absolute Gasteiger partial charge is 0.332 e. The molecule has 1 saturated heterocycles. The van der Waals surface area contributed by atoms with Crippen molar-refractivity contribution >= 4 is 32.4 Å². The largest absolute Gasteiger partial charge is 0.377 e. The number of nitrogens with zero attached hydrogens (tertiary/aromatic N) is 3. The van der Waals surface area contributed by atoms with E-state index in [1.165, 1.54) is 18.2 Å². The monoisotopic (exact) mass is 417 g/mol. The molecule has 1 fully saturated rings. The van der Waals surface area contributed by atoms with Gasteiger partial charge in [0.15, 0.2) is 5.01 Å². The van der Waals surface area contributed by atoms with Crippen LogP contribution in [0.15, 0.2) is 27.9 Å². The molecule has 0 saturated carbocycles. The maximum absolute atomic E-state index is 12.8. The molecule has 1 aromatic carbocycles. The Bertz CT molecular complexity index is 1180. The number of sulfonamides is 1. The fourth-order valence-electron chi connectivity index (χ4n) is 2.70. The van der Waals surface area contributed by atoms with Crippen molar-refractivity contribution in [2.24, 2.45) is 0 Å². The van der Waals surface area contributed by atoms with Gasteiger partial charge in [0.2, 0.25) is 15.2 Å². The predicted octanol–water partition coefficient (Wildman–Crippen LogP) is 1.18. The van der Waals surface area contributed by atoms with E-state index in [-0.39, 0.29) is 28.8 Å². The van der Waals surface area contributed by atoms with Crippen molar-refractivity contribution in [1.29, 1.82) is 0 Å². The van der Waals surface area contributed by atoms with E-state index in [0.717, 1.165) is 4.57 Å². The number of rotatable bonds is 5. The zero-order chi connectivity index (χ0) is 19.4. The van der Waals surface area contributed by atoms with Crippen LogP contribution in [-0.2, 0) is 14.8 Å². The number of imidazole rings is 1. The zero-order valence-electron chi connectivity index (χ0n) is 13.8. The molecule has 9 nitrogen and oxygen atoms in total. The van der Waals surface area contributed by atoms with Crippen LogP contribution >= 0.6 is 11.3 Å². The van der Waals surface area contributed by atoms with Crippen LogP contribution in [0, 0.1) is 0 Å². The van der Waals surface area contributed by atoms with Crippen LogP contribution in [0.25, 0.3) is 16.2 Å². The lowest BCUT2D eigenvalue weighted by Crippen LogP contribution is -2.59. The van der Waals surface area contributed by atoms with E-state index in [4.69, 9.17) is 4.74 Å². The van der Waals surface area contributed by atoms with Crippen molar-refractivity contribution < 1.29 is 21.9 Å². The van der Waals surface area contributed by atoms with Crippen molar-refractivity contribution in [3.63, 3.8) is 0 Å². The number of nitrogens with one attached hydrogen (secondary N) is 2. The summed E-state index contributed by atoms with van der Waals surface area (Å²) in [4.78, 5) is 14.7. The van der Waals surface area contributed by atoms with Gasteiger partial charge in [-0.05, 0) is 25.1 Å². The first kappa shape index (κ1) is 18.2.